The highest BCUT2D eigenvalue weighted by molar-refractivity contribution is 5.73. The second-order valence-electron chi connectivity index (χ2n) is 6.09. The van der Waals surface area contributed by atoms with Gasteiger partial charge >= 0.3 is 5.97 Å². The van der Waals surface area contributed by atoms with Crippen molar-refractivity contribution in [2.24, 2.45) is 0 Å². The molecule has 0 N–H and O–H groups in total. The van der Waals surface area contributed by atoms with Crippen LogP contribution in [0.25, 0.3) is 11.4 Å². The van der Waals surface area contributed by atoms with Crippen LogP contribution >= 0.6 is 0 Å². The van der Waals surface area contributed by atoms with Gasteiger partial charge in [0.2, 0.25) is 5.82 Å². The molecule has 0 aliphatic heterocycles. The van der Waals surface area contributed by atoms with Crippen LogP contribution in [0.5, 0.6) is 23.0 Å². The molecule has 9 heteroatoms. The van der Waals surface area contributed by atoms with E-state index >= 15 is 0 Å². The first-order valence-corrected chi connectivity index (χ1v) is 8.99. The van der Waals surface area contributed by atoms with Crippen molar-refractivity contribution in [3.05, 3.63) is 47.9 Å². The molecule has 0 saturated carbocycles. The molecule has 30 heavy (non-hydrogen) atoms. The van der Waals surface area contributed by atoms with E-state index in [2.05, 4.69) is 10.1 Å². The topological polar surface area (TPSA) is 102 Å². The fourth-order valence-electron chi connectivity index (χ4n) is 2.75. The number of aromatic nitrogens is 2. The molecule has 0 saturated heterocycles. The van der Waals surface area contributed by atoms with Gasteiger partial charge in [-0.15, -0.1) is 0 Å². The first kappa shape index (κ1) is 21.0. The van der Waals surface area contributed by atoms with Gasteiger partial charge in [-0.05, 0) is 18.2 Å². The van der Waals surface area contributed by atoms with Crippen LogP contribution < -0.4 is 18.9 Å². The van der Waals surface area contributed by atoms with Crippen LogP contribution in [0, 0.1) is 0 Å². The van der Waals surface area contributed by atoms with Crippen molar-refractivity contribution in [3.63, 3.8) is 0 Å². The Morgan fingerprint density at radius 1 is 0.900 bits per heavy atom. The SMILES string of the molecule is COc1ccc(CC(=O)OCc2nc(-c3ccc(OC)cc3OC)no2)c(OC)c1. The summed E-state index contributed by atoms with van der Waals surface area (Å²) in [5.74, 6) is 2.37. The molecule has 3 aromatic rings. The minimum atomic E-state index is -0.458. The van der Waals surface area contributed by atoms with Gasteiger partial charge in [-0.25, -0.2) is 0 Å². The molecular weight excluding hydrogens is 392 g/mol. The normalized spacial score (nSPS) is 10.4. The van der Waals surface area contributed by atoms with E-state index < -0.39 is 5.97 Å². The zero-order chi connectivity index (χ0) is 21.5. The summed E-state index contributed by atoms with van der Waals surface area (Å²) in [5, 5.41) is 3.93. The summed E-state index contributed by atoms with van der Waals surface area (Å²) in [5.41, 5.74) is 1.31. The molecule has 0 unspecified atom stereocenters. The van der Waals surface area contributed by atoms with Gasteiger partial charge in [0.1, 0.15) is 23.0 Å². The average Bonchev–Trinajstić information content (AvgIpc) is 3.26. The zero-order valence-corrected chi connectivity index (χ0v) is 17.1. The first-order valence-electron chi connectivity index (χ1n) is 8.99. The molecule has 0 aliphatic rings. The van der Waals surface area contributed by atoms with Gasteiger partial charge < -0.3 is 28.2 Å². The lowest BCUT2D eigenvalue weighted by molar-refractivity contribution is -0.144. The Kier molecular flexibility index (Phi) is 6.74. The van der Waals surface area contributed by atoms with Crippen molar-refractivity contribution < 1.29 is 33.0 Å². The predicted molar refractivity (Wildman–Crippen MR) is 106 cm³/mol. The summed E-state index contributed by atoms with van der Waals surface area (Å²) in [6, 6.07) is 10.4. The molecule has 9 nitrogen and oxygen atoms in total. The number of nitrogens with zero attached hydrogens (tertiary/aromatic N) is 2. The third-order valence-electron chi connectivity index (χ3n) is 4.30. The van der Waals surface area contributed by atoms with E-state index in [4.69, 9.17) is 28.2 Å². The highest BCUT2D eigenvalue weighted by Gasteiger charge is 2.16. The predicted octanol–water partition coefficient (Wildman–Crippen LogP) is 3.06. The van der Waals surface area contributed by atoms with Crippen molar-refractivity contribution in [1.82, 2.24) is 10.1 Å². The van der Waals surface area contributed by atoms with Crippen molar-refractivity contribution >= 4 is 5.97 Å². The molecule has 1 aromatic heterocycles. The Morgan fingerprint density at radius 3 is 2.23 bits per heavy atom. The fourth-order valence-corrected chi connectivity index (χ4v) is 2.75. The summed E-state index contributed by atoms with van der Waals surface area (Å²) >= 11 is 0. The number of esters is 1. The summed E-state index contributed by atoms with van der Waals surface area (Å²) in [7, 11) is 6.19. The molecule has 3 rings (SSSR count). The van der Waals surface area contributed by atoms with E-state index in [0.717, 1.165) is 0 Å². The van der Waals surface area contributed by atoms with Gasteiger partial charge in [0, 0.05) is 17.7 Å². The van der Waals surface area contributed by atoms with Crippen LogP contribution in [-0.2, 0) is 22.6 Å². The lowest BCUT2D eigenvalue weighted by atomic mass is 10.1. The maximum atomic E-state index is 12.2. The quantitative estimate of drug-likeness (QED) is 0.489. The van der Waals surface area contributed by atoms with E-state index in [9.17, 15) is 4.79 Å². The second-order valence-corrected chi connectivity index (χ2v) is 6.09. The minimum Gasteiger partial charge on any atom is -0.497 e. The van der Waals surface area contributed by atoms with Crippen molar-refractivity contribution in [2.75, 3.05) is 28.4 Å². The van der Waals surface area contributed by atoms with Gasteiger partial charge in [-0.2, -0.15) is 4.98 Å². The van der Waals surface area contributed by atoms with Crippen molar-refractivity contribution in [1.29, 1.82) is 0 Å². The van der Waals surface area contributed by atoms with E-state index in [1.807, 2.05) is 0 Å². The lowest BCUT2D eigenvalue weighted by Crippen LogP contribution is -2.09. The molecule has 0 bridgehead atoms. The van der Waals surface area contributed by atoms with Crippen molar-refractivity contribution in [3.8, 4) is 34.4 Å². The number of ether oxygens (including phenoxy) is 5. The van der Waals surface area contributed by atoms with Crippen molar-refractivity contribution in [2.45, 2.75) is 13.0 Å². The van der Waals surface area contributed by atoms with Gasteiger partial charge in [-0.1, -0.05) is 11.2 Å². The maximum absolute atomic E-state index is 12.2. The van der Waals surface area contributed by atoms with Crippen LogP contribution in [0.15, 0.2) is 40.9 Å². The number of carbonyl (C=O) groups is 1. The Labute approximate surface area is 173 Å². The van der Waals surface area contributed by atoms with Gasteiger partial charge in [0.25, 0.3) is 5.89 Å². The van der Waals surface area contributed by atoms with Crippen LogP contribution in [0.4, 0.5) is 0 Å². The smallest absolute Gasteiger partial charge is 0.310 e. The third kappa shape index (κ3) is 4.80. The molecule has 0 fully saturated rings. The van der Waals surface area contributed by atoms with Crippen LogP contribution in [0.1, 0.15) is 11.5 Å². The van der Waals surface area contributed by atoms with E-state index in [1.165, 1.54) is 14.2 Å². The van der Waals surface area contributed by atoms with Gasteiger partial charge in [0.15, 0.2) is 6.61 Å². The number of methoxy groups -OCH3 is 4. The molecule has 0 atom stereocenters. The average molecular weight is 414 g/mol. The third-order valence-corrected chi connectivity index (χ3v) is 4.30. The number of hydrogen-bond acceptors (Lipinski definition) is 9. The number of rotatable bonds is 9. The summed E-state index contributed by atoms with van der Waals surface area (Å²) < 4.78 is 31.4. The second kappa shape index (κ2) is 9.64. The number of hydrogen-bond donors (Lipinski definition) is 0. The molecule has 2 aromatic carbocycles. The Bertz CT molecular complexity index is 1020. The molecular formula is C21H22N2O7. The maximum Gasteiger partial charge on any atom is 0.310 e. The van der Waals surface area contributed by atoms with E-state index in [1.54, 1.807) is 50.6 Å². The monoisotopic (exact) mass is 414 g/mol. The Hall–Kier alpha value is -3.75. The first-order chi connectivity index (χ1) is 14.6. The lowest BCUT2D eigenvalue weighted by Gasteiger charge is -2.09. The standard InChI is InChI=1S/C21H22N2O7/c1-25-14-6-5-13(17(10-14)27-3)9-20(24)29-12-19-22-21(23-30-19)16-8-7-15(26-2)11-18(16)28-4/h5-8,10-11H,9,12H2,1-4H3. The van der Waals surface area contributed by atoms with Gasteiger partial charge in [0.05, 0.1) is 40.4 Å². The van der Waals surface area contributed by atoms with E-state index in [-0.39, 0.29) is 18.9 Å². The molecule has 0 radical (unpaired) electrons. The molecule has 1 heterocycles. The molecule has 0 aliphatic carbocycles. The summed E-state index contributed by atoms with van der Waals surface area (Å²) in [6.45, 7) is -0.150. The molecule has 0 amide bonds. The molecule has 0 spiro atoms. The van der Waals surface area contributed by atoms with E-state index in [0.29, 0.717) is 39.9 Å². The Balaban J connectivity index is 1.64. The molecule has 158 valence electrons. The van der Waals surface area contributed by atoms with Crippen LogP contribution in [0.2, 0.25) is 0 Å². The highest BCUT2D eigenvalue weighted by Crippen LogP contribution is 2.31. The highest BCUT2D eigenvalue weighted by atomic mass is 16.6. The van der Waals surface area contributed by atoms with Crippen LogP contribution in [0.3, 0.4) is 0 Å². The minimum absolute atomic E-state index is 0.0282. The Morgan fingerprint density at radius 2 is 1.57 bits per heavy atom. The summed E-state index contributed by atoms with van der Waals surface area (Å²) in [6.07, 6.45) is 0.0282. The van der Waals surface area contributed by atoms with Crippen LogP contribution in [-0.4, -0.2) is 44.5 Å². The largest absolute Gasteiger partial charge is 0.497 e. The number of benzene rings is 2. The fraction of sp³-hybridized carbons (Fsp3) is 0.286. The van der Waals surface area contributed by atoms with Gasteiger partial charge in [-0.3, -0.25) is 4.79 Å². The summed E-state index contributed by atoms with van der Waals surface area (Å²) in [4.78, 5) is 16.5. The zero-order valence-electron chi connectivity index (χ0n) is 17.1. The number of carbonyl (C=O) groups excluding carboxylic acids is 1.